The molecule has 1 atom stereocenters. The van der Waals surface area contributed by atoms with Crippen LogP contribution in [0.3, 0.4) is 0 Å². The highest BCUT2D eigenvalue weighted by molar-refractivity contribution is 7.92. The predicted molar refractivity (Wildman–Crippen MR) is 72.5 cm³/mol. The summed E-state index contributed by atoms with van der Waals surface area (Å²) in [5, 5.41) is 8.09. The van der Waals surface area contributed by atoms with Gasteiger partial charge in [-0.1, -0.05) is 0 Å². The number of carbonyl (C=O) groups is 1. The van der Waals surface area contributed by atoms with Crippen LogP contribution < -0.4 is 0 Å². The van der Waals surface area contributed by atoms with E-state index in [2.05, 4.69) is 0 Å². The molecule has 0 bridgehead atoms. The zero-order valence-electron chi connectivity index (χ0n) is 11.1. The molecule has 2 rings (SSSR count). The molecule has 0 saturated carbocycles. The maximum Gasteiger partial charge on any atom is 0.303 e. The molecule has 9 heteroatoms. The Kier molecular flexibility index (Phi) is 4.41. The molecule has 7 nitrogen and oxygen atoms in total. The first-order chi connectivity index (χ1) is 9.21. The zero-order chi connectivity index (χ0) is 15.0. The number of hydrogen-bond acceptors (Lipinski definition) is 5. The van der Waals surface area contributed by atoms with Gasteiger partial charge in [0, 0.05) is 19.5 Å². The standard InChI is InChI=1S/C11H19NO6S2/c13-11(14)7-9-1-4-12(8-9)20(17,18)10-2-5-19(15,16)6-3-10/h9-10H,1-8H2,(H,13,14). The summed E-state index contributed by atoms with van der Waals surface area (Å²) in [6, 6.07) is 0. The molecule has 0 radical (unpaired) electrons. The van der Waals surface area contributed by atoms with Crippen LogP contribution in [0.2, 0.25) is 0 Å². The third-order valence-corrected chi connectivity index (χ3v) is 8.08. The number of nitrogens with zero attached hydrogens (tertiary/aromatic N) is 1. The number of carboxylic acid groups (broad SMARTS) is 1. The van der Waals surface area contributed by atoms with Crippen molar-refractivity contribution in [3.63, 3.8) is 0 Å². The molecule has 0 spiro atoms. The van der Waals surface area contributed by atoms with E-state index in [0.29, 0.717) is 13.0 Å². The second-order valence-electron chi connectivity index (χ2n) is 5.51. The van der Waals surface area contributed by atoms with Gasteiger partial charge in [-0.05, 0) is 25.2 Å². The van der Waals surface area contributed by atoms with Crippen LogP contribution in [0.1, 0.15) is 25.7 Å². The molecule has 0 amide bonds. The largest absolute Gasteiger partial charge is 0.481 e. The van der Waals surface area contributed by atoms with Crippen LogP contribution in [0.25, 0.3) is 0 Å². The highest BCUT2D eigenvalue weighted by atomic mass is 32.2. The molecule has 20 heavy (non-hydrogen) atoms. The second kappa shape index (κ2) is 5.61. The van der Waals surface area contributed by atoms with Crippen molar-refractivity contribution in [1.29, 1.82) is 0 Å². The van der Waals surface area contributed by atoms with Gasteiger partial charge in [0.1, 0.15) is 9.84 Å². The van der Waals surface area contributed by atoms with Gasteiger partial charge in [-0.15, -0.1) is 0 Å². The van der Waals surface area contributed by atoms with Crippen LogP contribution in [-0.4, -0.2) is 62.1 Å². The Hall–Kier alpha value is -0.670. The van der Waals surface area contributed by atoms with Crippen LogP contribution in [0.4, 0.5) is 0 Å². The highest BCUT2D eigenvalue weighted by Gasteiger charge is 2.39. The van der Waals surface area contributed by atoms with Gasteiger partial charge in [-0.25, -0.2) is 21.1 Å². The van der Waals surface area contributed by atoms with Crippen LogP contribution >= 0.6 is 0 Å². The minimum atomic E-state index is -3.50. The average molecular weight is 325 g/mol. The molecule has 1 unspecified atom stereocenters. The maximum absolute atomic E-state index is 12.4. The Morgan fingerprint density at radius 1 is 1.20 bits per heavy atom. The van der Waals surface area contributed by atoms with Crippen molar-refractivity contribution in [2.45, 2.75) is 30.9 Å². The topological polar surface area (TPSA) is 109 Å². The first kappa shape index (κ1) is 15.7. The second-order valence-corrected chi connectivity index (χ2v) is 10.0. The molecule has 1 N–H and O–H groups in total. The lowest BCUT2D eigenvalue weighted by molar-refractivity contribution is -0.137. The van der Waals surface area contributed by atoms with Crippen molar-refractivity contribution in [1.82, 2.24) is 4.31 Å². The molecule has 2 aliphatic rings. The Balaban J connectivity index is 2.00. The average Bonchev–Trinajstić information content (AvgIpc) is 2.76. The Bertz CT molecular complexity index is 568. The molecular formula is C11H19NO6S2. The van der Waals surface area contributed by atoms with Crippen LogP contribution in [0.5, 0.6) is 0 Å². The lowest BCUT2D eigenvalue weighted by Crippen LogP contribution is -2.41. The molecule has 2 fully saturated rings. The monoisotopic (exact) mass is 325 g/mol. The molecule has 0 aromatic rings. The number of rotatable bonds is 4. The molecule has 0 aliphatic carbocycles. The van der Waals surface area contributed by atoms with Crippen LogP contribution in [0.15, 0.2) is 0 Å². The van der Waals surface area contributed by atoms with Gasteiger partial charge in [0.2, 0.25) is 10.0 Å². The van der Waals surface area contributed by atoms with E-state index in [0.717, 1.165) is 0 Å². The Labute approximate surface area is 118 Å². The summed E-state index contributed by atoms with van der Waals surface area (Å²) in [5.41, 5.74) is 0. The molecular weight excluding hydrogens is 306 g/mol. The quantitative estimate of drug-likeness (QED) is 0.759. The van der Waals surface area contributed by atoms with Crippen LogP contribution in [0, 0.1) is 5.92 Å². The smallest absolute Gasteiger partial charge is 0.303 e. The predicted octanol–water partition coefficient (Wildman–Crippen LogP) is -0.310. The van der Waals surface area contributed by atoms with E-state index >= 15 is 0 Å². The van der Waals surface area contributed by atoms with E-state index in [1.807, 2.05) is 0 Å². The third-order valence-electron chi connectivity index (χ3n) is 3.99. The summed E-state index contributed by atoms with van der Waals surface area (Å²) in [7, 11) is -6.59. The summed E-state index contributed by atoms with van der Waals surface area (Å²) in [5.74, 6) is -1.22. The van der Waals surface area contributed by atoms with E-state index in [-0.39, 0.29) is 43.2 Å². The number of carboxylic acids is 1. The van der Waals surface area contributed by atoms with E-state index in [9.17, 15) is 21.6 Å². The molecule has 2 heterocycles. The molecule has 0 aromatic heterocycles. The summed E-state index contributed by atoms with van der Waals surface area (Å²) >= 11 is 0. The molecule has 116 valence electrons. The van der Waals surface area contributed by atoms with Crippen molar-refractivity contribution < 1.29 is 26.7 Å². The Morgan fingerprint density at radius 2 is 1.80 bits per heavy atom. The SMILES string of the molecule is O=C(O)CC1CCN(S(=O)(=O)C2CCS(=O)(=O)CC2)C1. The summed E-state index contributed by atoms with van der Waals surface area (Å²) in [4.78, 5) is 10.7. The lowest BCUT2D eigenvalue weighted by atomic mass is 10.1. The Morgan fingerprint density at radius 3 is 2.35 bits per heavy atom. The normalized spacial score (nSPS) is 28.5. The number of hydrogen-bond donors (Lipinski definition) is 1. The van der Waals surface area contributed by atoms with Crippen molar-refractivity contribution in [3.05, 3.63) is 0 Å². The fraction of sp³-hybridized carbons (Fsp3) is 0.909. The molecule has 2 saturated heterocycles. The van der Waals surface area contributed by atoms with Gasteiger partial charge in [0.15, 0.2) is 0 Å². The van der Waals surface area contributed by atoms with E-state index in [4.69, 9.17) is 5.11 Å². The molecule has 0 aromatic carbocycles. The van der Waals surface area contributed by atoms with Gasteiger partial charge in [0.25, 0.3) is 0 Å². The van der Waals surface area contributed by atoms with Crippen LogP contribution in [-0.2, 0) is 24.7 Å². The third kappa shape index (κ3) is 3.50. The highest BCUT2D eigenvalue weighted by Crippen LogP contribution is 2.28. The zero-order valence-corrected chi connectivity index (χ0v) is 12.7. The summed E-state index contributed by atoms with van der Waals surface area (Å²) < 4.78 is 48.9. The van der Waals surface area contributed by atoms with E-state index in [1.54, 1.807) is 0 Å². The van der Waals surface area contributed by atoms with Crippen molar-refractivity contribution in [2.75, 3.05) is 24.6 Å². The number of aliphatic carboxylic acids is 1. The minimum absolute atomic E-state index is 0.0228. The van der Waals surface area contributed by atoms with Crippen molar-refractivity contribution in [2.24, 2.45) is 5.92 Å². The van der Waals surface area contributed by atoms with E-state index < -0.39 is 31.1 Å². The van der Waals surface area contributed by atoms with Crippen molar-refractivity contribution in [3.8, 4) is 0 Å². The fourth-order valence-corrected chi connectivity index (χ4v) is 6.64. The van der Waals surface area contributed by atoms with E-state index in [1.165, 1.54) is 4.31 Å². The number of sulfone groups is 1. The molecule has 2 aliphatic heterocycles. The first-order valence-electron chi connectivity index (χ1n) is 6.62. The number of sulfonamides is 1. The minimum Gasteiger partial charge on any atom is -0.481 e. The lowest BCUT2D eigenvalue weighted by Gasteiger charge is -2.27. The summed E-state index contributed by atoms with van der Waals surface area (Å²) in [6.45, 7) is 0.571. The first-order valence-corrected chi connectivity index (χ1v) is 9.94. The van der Waals surface area contributed by atoms with Gasteiger partial charge in [-0.2, -0.15) is 0 Å². The van der Waals surface area contributed by atoms with Gasteiger partial charge >= 0.3 is 5.97 Å². The van der Waals surface area contributed by atoms with Gasteiger partial charge in [-0.3, -0.25) is 4.79 Å². The van der Waals surface area contributed by atoms with Gasteiger partial charge < -0.3 is 5.11 Å². The maximum atomic E-state index is 12.4. The van der Waals surface area contributed by atoms with Crippen molar-refractivity contribution >= 4 is 25.8 Å². The fourth-order valence-electron chi connectivity index (χ4n) is 2.82. The summed E-state index contributed by atoms with van der Waals surface area (Å²) in [6.07, 6.45) is 0.817. The van der Waals surface area contributed by atoms with Gasteiger partial charge in [0.05, 0.1) is 16.8 Å².